The SMILES string of the molecule is C[C@]12C=CC(=O)C=C1CC[C@@H]1C2[C@@H](O)C[C@]23CO[C@]2(C(=O)CO)CC[C@@H]13. The first-order valence-electron chi connectivity index (χ1n) is 9.78. The third kappa shape index (κ3) is 1.73. The van der Waals surface area contributed by atoms with Crippen LogP contribution in [0.2, 0.25) is 0 Å². The van der Waals surface area contributed by atoms with Crippen LogP contribution in [-0.4, -0.2) is 46.7 Å². The van der Waals surface area contributed by atoms with Crippen molar-refractivity contribution in [2.45, 2.75) is 50.7 Å². The number of hydrogen-bond donors (Lipinski definition) is 2. The number of rotatable bonds is 2. The Hall–Kier alpha value is -1.30. The summed E-state index contributed by atoms with van der Waals surface area (Å²) >= 11 is 0. The molecule has 1 spiro atoms. The molecule has 0 bridgehead atoms. The van der Waals surface area contributed by atoms with Gasteiger partial charge in [0.25, 0.3) is 0 Å². The lowest BCUT2D eigenvalue weighted by Crippen LogP contribution is -2.71. The van der Waals surface area contributed by atoms with Crippen LogP contribution in [0.4, 0.5) is 0 Å². The van der Waals surface area contributed by atoms with Gasteiger partial charge in [-0.25, -0.2) is 0 Å². The molecule has 5 aliphatic rings. The smallest absolute Gasteiger partial charge is 0.190 e. The molecule has 0 aromatic rings. The molecule has 5 rings (SSSR count). The monoisotopic (exact) mass is 358 g/mol. The average molecular weight is 358 g/mol. The molecule has 0 aromatic heterocycles. The number of carbonyl (C=O) groups is 2. The third-order valence-electron chi connectivity index (χ3n) is 8.50. The summed E-state index contributed by atoms with van der Waals surface area (Å²) in [5.74, 6) is 0.546. The van der Waals surface area contributed by atoms with E-state index in [0.29, 0.717) is 31.3 Å². The number of Topliss-reactive ketones (excluding diaryl/α,β-unsaturated/α-hetero) is 1. The molecule has 4 aliphatic carbocycles. The van der Waals surface area contributed by atoms with Crippen LogP contribution >= 0.6 is 0 Å². The summed E-state index contributed by atoms with van der Waals surface area (Å²) in [6, 6.07) is 0. The maximum absolute atomic E-state index is 12.5. The molecule has 3 saturated carbocycles. The first-order chi connectivity index (χ1) is 12.4. The van der Waals surface area contributed by atoms with Crippen molar-refractivity contribution in [2.75, 3.05) is 13.2 Å². The number of ether oxygens (including phenoxy) is 1. The van der Waals surface area contributed by atoms with Crippen molar-refractivity contribution in [1.82, 2.24) is 0 Å². The van der Waals surface area contributed by atoms with Crippen LogP contribution in [0.25, 0.3) is 0 Å². The molecule has 1 aliphatic heterocycles. The van der Waals surface area contributed by atoms with Gasteiger partial charge in [0, 0.05) is 16.7 Å². The molecular weight excluding hydrogens is 332 g/mol. The van der Waals surface area contributed by atoms with Crippen molar-refractivity contribution in [2.24, 2.45) is 28.6 Å². The Kier molecular flexibility index (Phi) is 3.34. The zero-order valence-corrected chi connectivity index (χ0v) is 15.1. The second kappa shape index (κ2) is 5.15. The number of ketones is 2. The number of allylic oxidation sites excluding steroid dienone is 4. The second-order valence-electron chi connectivity index (χ2n) is 9.19. The molecule has 0 radical (unpaired) electrons. The molecule has 0 amide bonds. The van der Waals surface area contributed by atoms with Gasteiger partial charge in [-0.1, -0.05) is 18.6 Å². The van der Waals surface area contributed by atoms with Crippen molar-refractivity contribution in [3.63, 3.8) is 0 Å². The number of aliphatic hydroxyl groups is 2. The number of aliphatic hydroxyl groups excluding tert-OH is 2. The van der Waals surface area contributed by atoms with Gasteiger partial charge >= 0.3 is 0 Å². The maximum atomic E-state index is 12.5. The van der Waals surface area contributed by atoms with E-state index in [1.54, 1.807) is 12.2 Å². The Morgan fingerprint density at radius 2 is 2.19 bits per heavy atom. The lowest BCUT2D eigenvalue weighted by Gasteiger charge is -2.65. The normalized spacial score (nSPS) is 51.5. The van der Waals surface area contributed by atoms with Gasteiger partial charge in [-0.2, -0.15) is 0 Å². The maximum Gasteiger partial charge on any atom is 0.190 e. The zero-order valence-electron chi connectivity index (χ0n) is 15.1. The van der Waals surface area contributed by atoms with Crippen LogP contribution in [0.15, 0.2) is 23.8 Å². The van der Waals surface area contributed by atoms with Crippen LogP contribution in [-0.2, 0) is 14.3 Å². The molecular formula is C21H26O5. The van der Waals surface area contributed by atoms with Gasteiger partial charge in [0.15, 0.2) is 11.6 Å². The number of fused-ring (bicyclic) bond motifs is 4. The van der Waals surface area contributed by atoms with Crippen molar-refractivity contribution in [3.05, 3.63) is 23.8 Å². The first-order valence-corrected chi connectivity index (χ1v) is 9.78. The van der Waals surface area contributed by atoms with Crippen LogP contribution in [0, 0.1) is 28.6 Å². The summed E-state index contributed by atoms with van der Waals surface area (Å²) in [5.41, 5.74) is -0.344. The van der Waals surface area contributed by atoms with E-state index in [4.69, 9.17) is 4.74 Å². The van der Waals surface area contributed by atoms with E-state index in [-0.39, 0.29) is 28.3 Å². The Morgan fingerprint density at radius 3 is 2.88 bits per heavy atom. The van der Waals surface area contributed by atoms with Gasteiger partial charge < -0.3 is 14.9 Å². The highest BCUT2D eigenvalue weighted by Gasteiger charge is 2.75. The molecule has 5 heteroatoms. The molecule has 140 valence electrons. The fourth-order valence-electron chi connectivity index (χ4n) is 7.41. The second-order valence-corrected chi connectivity index (χ2v) is 9.19. The summed E-state index contributed by atoms with van der Waals surface area (Å²) in [5, 5.41) is 20.7. The Morgan fingerprint density at radius 1 is 1.38 bits per heavy atom. The molecule has 26 heavy (non-hydrogen) atoms. The lowest BCUT2D eigenvalue weighted by molar-refractivity contribution is -0.287. The Balaban J connectivity index is 1.55. The van der Waals surface area contributed by atoms with Gasteiger partial charge in [-0.15, -0.1) is 0 Å². The van der Waals surface area contributed by atoms with Crippen molar-refractivity contribution < 1.29 is 24.5 Å². The van der Waals surface area contributed by atoms with E-state index in [1.807, 2.05) is 6.08 Å². The summed E-state index contributed by atoms with van der Waals surface area (Å²) in [6.45, 7) is 2.17. The minimum absolute atomic E-state index is 0.0403. The first kappa shape index (κ1) is 16.8. The lowest BCUT2D eigenvalue weighted by atomic mass is 9.45. The molecule has 4 fully saturated rings. The van der Waals surface area contributed by atoms with Crippen LogP contribution in [0.3, 0.4) is 0 Å². The van der Waals surface area contributed by atoms with E-state index in [1.165, 1.54) is 0 Å². The Bertz CT molecular complexity index is 754. The minimum atomic E-state index is -0.881. The van der Waals surface area contributed by atoms with E-state index < -0.39 is 18.3 Å². The predicted octanol–water partition coefficient (Wildman–Crippen LogP) is 1.58. The molecule has 0 aromatic carbocycles. The Labute approximate surface area is 153 Å². The fraction of sp³-hybridized carbons (Fsp3) is 0.714. The summed E-state index contributed by atoms with van der Waals surface area (Å²) in [6.07, 6.45) is 8.80. The molecule has 2 N–H and O–H groups in total. The molecule has 1 heterocycles. The third-order valence-corrected chi connectivity index (χ3v) is 8.50. The van der Waals surface area contributed by atoms with E-state index in [2.05, 4.69) is 6.92 Å². The molecule has 1 saturated heterocycles. The van der Waals surface area contributed by atoms with Gasteiger partial charge in [0.2, 0.25) is 0 Å². The zero-order chi connectivity index (χ0) is 18.3. The van der Waals surface area contributed by atoms with Gasteiger partial charge in [-0.05, 0) is 56.1 Å². The minimum Gasteiger partial charge on any atom is -0.393 e. The summed E-state index contributed by atoms with van der Waals surface area (Å²) < 4.78 is 5.84. The average Bonchev–Trinajstić information content (AvgIpc) is 2.83. The summed E-state index contributed by atoms with van der Waals surface area (Å²) in [7, 11) is 0. The highest BCUT2D eigenvalue weighted by atomic mass is 16.5. The fourth-order valence-corrected chi connectivity index (χ4v) is 7.41. The highest BCUT2D eigenvalue weighted by Crippen LogP contribution is 2.71. The largest absolute Gasteiger partial charge is 0.393 e. The molecule has 7 atom stereocenters. The molecule has 5 nitrogen and oxygen atoms in total. The predicted molar refractivity (Wildman–Crippen MR) is 93.1 cm³/mol. The topological polar surface area (TPSA) is 83.8 Å². The van der Waals surface area contributed by atoms with Gasteiger partial charge in [0.05, 0.1) is 12.7 Å². The van der Waals surface area contributed by atoms with E-state index in [9.17, 15) is 19.8 Å². The van der Waals surface area contributed by atoms with Crippen LogP contribution in [0.1, 0.15) is 39.0 Å². The quantitative estimate of drug-likeness (QED) is 0.783. The van der Waals surface area contributed by atoms with Crippen LogP contribution < -0.4 is 0 Å². The highest BCUT2D eigenvalue weighted by molar-refractivity contribution is 6.01. The van der Waals surface area contributed by atoms with E-state index in [0.717, 1.165) is 24.8 Å². The number of carbonyl (C=O) groups excluding carboxylic acids is 2. The number of hydrogen-bond acceptors (Lipinski definition) is 5. The summed E-state index contributed by atoms with van der Waals surface area (Å²) in [4.78, 5) is 24.4. The molecule has 1 unspecified atom stereocenters. The standard InChI is InChI=1S/C21H26O5/c1-19-6-4-13(23)8-12(19)2-3-14-15-5-7-21(17(25)10-22)20(15,11-26-21)9-16(24)18(14)19/h4,6,8,14-16,18,22,24H,2-3,5,7,9-11H2,1H3/t14-,15-,16-,18?,19-,20+,21-/m0/s1. The van der Waals surface area contributed by atoms with Gasteiger partial charge in [0.1, 0.15) is 12.2 Å². The van der Waals surface area contributed by atoms with Gasteiger partial charge in [-0.3, -0.25) is 9.59 Å². The van der Waals surface area contributed by atoms with Crippen LogP contribution in [0.5, 0.6) is 0 Å². The van der Waals surface area contributed by atoms with Crippen molar-refractivity contribution in [3.8, 4) is 0 Å². The van der Waals surface area contributed by atoms with Crippen molar-refractivity contribution in [1.29, 1.82) is 0 Å². The van der Waals surface area contributed by atoms with Crippen molar-refractivity contribution >= 4 is 11.6 Å². The van der Waals surface area contributed by atoms with E-state index >= 15 is 0 Å².